The number of carboxylic acid groups (broad SMARTS) is 1. The van der Waals surface area contributed by atoms with Crippen molar-refractivity contribution in [1.29, 1.82) is 0 Å². The van der Waals surface area contributed by atoms with Gasteiger partial charge in [0.25, 0.3) is 0 Å². The first-order chi connectivity index (χ1) is 12.2. The van der Waals surface area contributed by atoms with Gasteiger partial charge in [-0.25, -0.2) is 0 Å². The van der Waals surface area contributed by atoms with Crippen molar-refractivity contribution >= 4 is 18.4 Å². The van der Waals surface area contributed by atoms with Crippen molar-refractivity contribution in [3.63, 3.8) is 0 Å². The smallest absolute Gasteiger partial charge is 0.304 e. The highest BCUT2D eigenvalue weighted by Crippen LogP contribution is 2.14. The summed E-state index contributed by atoms with van der Waals surface area (Å²) in [4.78, 5) is 10.4. The van der Waals surface area contributed by atoms with E-state index in [9.17, 15) is 4.79 Å². The molecular formula is C21H28ClNO3. The molecule has 5 heteroatoms. The Morgan fingerprint density at radius 3 is 2.23 bits per heavy atom. The quantitative estimate of drug-likeness (QED) is 0.546. The summed E-state index contributed by atoms with van der Waals surface area (Å²) in [5.41, 5.74) is 2.62. The summed E-state index contributed by atoms with van der Waals surface area (Å²) in [5.74, 6) is 0.156. The molecule has 0 atom stereocenters. The zero-order chi connectivity index (χ0) is 17.7. The average Bonchev–Trinajstić information content (AvgIpc) is 2.63. The first-order valence-electron chi connectivity index (χ1n) is 8.92. The molecule has 0 heterocycles. The monoisotopic (exact) mass is 377 g/mol. The number of ether oxygens (including phenoxy) is 1. The van der Waals surface area contributed by atoms with Gasteiger partial charge in [-0.05, 0) is 55.5 Å². The molecule has 0 unspecified atom stereocenters. The molecular weight excluding hydrogens is 350 g/mol. The standard InChI is InChI=1S/C21H27NO3.ClH/c23-21(24)14-16-22-15-4-8-19-10-12-20(13-11-19)25-17-5-9-18-6-2-1-3-7-18;/h1-3,6-7,10-13,22H,4-5,8-9,14-17H2,(H,23,24);1H. The molecule has 2 N–H and O–H groups in total. The Kier molecular flexibility index (Phi) is 11.2. The lowest BCUT2D eigenvalue weighted by molar-refractivity contribution is -0.136. The van der Waals surface area contributed by atoms with Crippen LogP contribution in [0.1, 0.15) is 30.4 Å². The van der Waals surface area contributed by atoms with E-state index in [2.05, 4.69) is 41.7 Å². The molecule has 2 rings (SSSR count). The van der Waals surface area contributed by atoms with Gasteiger partial charge in [-0.2, -0.15) is 0 Å². The SMILES string of the molecule is Cl.O=C(O)CCNCCCc1ccc(OCCCc2ccccc2)cc1. The number of aliphatic carboxylic acids is 1. The zero-order valence-corrected chi connectivity index (χ0v) is 15.8. The molecule has 4 nitrogen and oxygen atoms in total. The number of benzene rings is 2. The van der Waals surface area contributed by atoms with Crippen molar-refractivity contribution in [2.75, 3.05) is 19.7 Å². The van der Waals surface area contributed by atoms with Gasteiger partial charge in [0.2, 0.25) is 0 Å². The second kappa shape index (κ2) is 13.2. The maximum Gasteiger partial charge on any atom is 0.304 e. The van der Waals surface area contributed by atoms with Crippen molar-refractivity contribution in [1.82, 2.24) is 5.32 Å². The Bertz CT molecular complexity index is 617. The molecule has 0 amide bonds. The van der Waals surface area contributed by atoms with Crippen LogP contribution in [0.3, 0.4) is 0 Å². The largest absolute Gasteiger partial charge is 0.494 e. The number of carbonyl (C=O) groups is 1. The van der Waals surface area contributed by atoms with Gasteiger partial charge in [0.05, 0.1) is 13.0 Å². The lowest BCUT2D eigenvalue weighted by Crippen LogP contribution is -2.19. The first-order valence-corrected chi connectivity index (χ1v) is 8.92. The number of rotatable bonds is 12. The molecule has 0 fully saturated rings. The normalized spacial score (nSPS) is 10.2. The highest BCUT2D eigenvalue weighted by Gasteiger charge is 1.99. The molecule has 0 saturated heterocycles. The number of aryl methyl sites for hydroxylation is 2. The summed E-state index contributed by atoms with van der Waals surface area (Å²) in [6, 6.07) is 18.7. The number of hydrogen-bond donors (Lipinski definition) is 2. The van der Waals surface area contributed by atoms with E-state index in [0.717, 1.165) is 44.6 Å². The van der Waals surface area contributed by atoms with Gasteiger partial charge in [-0.1, -0.05) is 42.5 Å². The molecule has 0 aliphatic heterocycles. The van der Waals surface area contributed by atoms with E-state index >= 15 is 0 Å². The summed E-state index contributed by atoms with van der Waals surface area (Å²) in [6.45, 7) is 2.10. The third-order valence-corrected chi connectivity index (χ3v) is 3.98. The summed E-state index contributed by atoms with van der Waals surface area (Å²) in [5, 5.41) is 11.7. The van der Waals surface area contributed by atoms with Crippen LogP contribution in [0, 0.1) is 0 Å². The Hall–Kier alpha value is -2.04. The number of nitrogens with one attached hydrogen (secondary N) is 1. The van der Waals surface area contributed by atoms with E-state index in [-0.39, 0.29) is 18.8 Å². The number of halogens is 1. The molecule has 0 aliphatic rings. The molecule has 2 aromatic carbocycles. The minimum absolute atomic E-state index is 0. The lowest BCUT2D eigenvalue weighted by Gasteiger charge is -2.08. The van der Waals surface area contributed by atoms with Crippen LogP contribution in [-0.4, -0.2) is 30.8 Å². The van der Waals surface area contributed by atoms with Crippen LogP contribution in [-0.2, 0) is 17.6 Å². The third kappa shape index (κ3) is 9.44. The number of carboxylic acids is 1. The van der Waals surface area contributed by atoms with Gasteiger partial charge in [0.15, 0.2) is 0 Å². The second-order valence-electron chi connectivity index (χ2n) is 6.08. The molecule has 0 saturated carbocycles. The highest BCUT2D eigenvalue weighted by molar-refractivity contribution is 5.85. The van der Waals surface area contributed by atoms with Crippen molar-refractivity contribution in [2.24, 2.45) is 0 Å². The fourth-order valence-corrected chi connectivity index (χ4v) is 2.60. The molecule has 0 aromatic heterocycles. The van der Waals surface area contributed by atoms with Crippen LogP contribution in [0.15, 0.2) is 54.6 Å². The predicted octanol–water partition coefficient (Wildman–Crippen LogP) is 4.12. The Labute approximate surface area is 162 Å². The van der Waals surface area contributed by atoms with E-state index in [4.69, 9.17) is 9.84 Å². The van der Waals surface area contributed by atoms with Crippen molar-refractivity contribution in [2.45, 2.75) is 32.1 Å². The summed E-state index contributed by atoms with van der Waals surface area (Å²) in [6.07, 6.45) is 4.20. The number of hydrogen-bond acceptors (Lipinski definition) is 3. The third-order valence-electron chi connectivity index (χ3n) is 3.98. The molecule has 0 bridgehead atoms. The summed E-state index contributed by atoms with van der Waals surface area (Å²) >= 11 is 0. The topological polar surface area (TPSA) is 58.6 Å². The van der Waals surface area contributed by atoms with Gasteiger partial charge < -0.3 is 15.2 Å². The van der Waals surface area contributed by atoms with Crippen LogP contribution in [0.2, 0.25) is 0 Å². The summed E-state index contributed by atoms with van der Waals surface area (Å²) in [7, 11) is 0. The van der Waals surface area contributed by atoms with E-state index in [1.165, 1.54) is 11.1 Å². The van der Waals surface area contributed by atoms with Crippen LogP contribution in [0.25, 0.3) is 0 Å². The van der Waals surface area contributed by atoms with Crippen molar-refractivity contribution in [3.8, 4) is 5.75 Å². The van der Waals surface area contributed by atoms with Gasteiger partial charge in [0, 0.05) is 6.54 Å². The van der Waals surface area contributed by atoms with Crippen LogP contribution in [0.5, 0.6) is 5.75 Å². The predicted molar refractivity (Wildman–Crippen MR) is 107 cm³/mol. The Morgan fingerprint density at radius 2 is 1.54 bits per heavy atom. The fraction of sp³-hybridized carbons (Fsp3) is 0.381. The maximum atomic E-state index is 10.4. The molecule has 2 aromatic rings. The fourth-order valence-electron chi connectivity index (χ4n) is 2.60. The van der Waals surface area contributed by atoms with E-state index in [1.54, 1.807) is 0 Å². The second-order valence-corrected chi connectivity index (χ2v) is 6.08. The maximum absolute atomic E-state index is 10.4. The zero-order valence-electron chi connectivity index (χ0n) is 15.0. The van der Waals surface area contributed by atoms with Gasteiger partial charge in [-0.15, -0.1) is 12.4 Å². The Morgan fingerprint density at radius 1 is 0.885 bits per heavy atom. The lowest BCUT2D eigenvalue weighted by atomic mass is 10.1. The minimum Gasteiger partial charge on any atom is -0.494 e. The molecule has 0 aliphatic carbocycles. The van der Waals surface area contributed by atoms with Crippen molar-refractivity contribution in [3.05, 3.63) is 65.7 Å². The van der Waals surface area contributed by atoms with Crippen LogP contribution in [0.4, 0.5) is 0 Å². The van der Waals surface area contributed by atoms with Crippen LogP contribution < -0.4 is 10.1 Å². The Balaban J connectivity index is 0.00000338. The van der Waals surface area contributed by atoms with E-state index < -0.39 is 5.97 Å². The van der Waals surface area contributed by atoms with Gasteiger partial charge in [0.1, 0.15) is 5.75 Å². The van der Waals surface area contributed by atoms with E-state index in [1.807, 2.05) is 18.2 Å². The highest BCUT2D eigenvalue weighted by atomic mass is 35.5. The van der Waals surface area contributed by atoms with Gasteiger partial charge >= 0.3 is 5.97 Å². The van der Waals surface area contributed by atoms with Gasteiger partial charge in [-0.3, -0.25) is 4.79 Å². The molecule has 0 radical (unpaired) electrons. The minimum atomic E-state index is -0.758. The van der Waals surface area contributed by atoms with E-state index in [0.29, 0.717) is 6.54 Å². The average molecular weight is 378 g/mol. The first kappa shape index (κ1) is 22.0. The molecule has 26 heavy (non-hydrogen) atoms. The van der Waals surface area contributed by atoms with Crippen molar-refractivity contribution < 1.29 is 14.6 Å². The molecule has 0 spiro atoms. The van der Waals surface area contributed by atoms with Crippen LogP contribution >= 0.6 is 12.4 Å². The molecule has 142 valence electrons. The summed E-state index contributed by atoms with van der Waals surface area (Å²) < 4.78 is 5.79.